The molecule has 3 aromatic rings. The summed E-state index contributed by atoms with van der Waals surface area (Å²) in [6.45, 7) is 3.72. The Morgan fingerprint density at radius 3 is 2.70 bits per heavy atom. The predicted molar refractivity (Wildman–Crippen MR) is 116 cm³/mol. The van der Waals surface area contributed by atoms with Gasteiger partial charge in [-0.1, -0.05) is 19.1 Å². The summed E-state index contributed by atoms with van der Waals surface area (Å²) in [5.41, 5.74) is 1.73. The highest BCUT2D eigenvalue weighted by atomic mass is 16.4. The van der Waals surface area contributed by atoms with Gasteiger partial charge in [-0.25, -0.2) is 0 Å². The number of hydrogen-bond donors (Lipinski definition) is 0. The van der Waals surface area contributed by atoms with Crippen LogP contribution in [-0.2, 0) is 13.0 Å². The second kappa shape index (κ2) is 8.28. The first-order valence-electron chi connectivity index (χ1n) is 10.2. The minimum Gasteiger partial charge on any atom is -0.455 e. The molecule has 30 heavy (non-hydrogen) atoms. The summed E-state index contributed by atoms with van der Waals surface area (Å²) in [5.74, 6) is 1.78. The lowest BCUT2D eigenvalue weighted by Crippen LogP contribution is -2.35. The molecule has 0 radical (unpaired) electrons. The van der Waals surface area contributed by atoms with Crippen molar-refractivity contribution in [1.29, 1.82) is 0 Å². The Hall–Kier alpha value is -3.19. The van der Waals surface area contributed by atoms with Crippen LogP contribution in [0.5, 0.6) is 0 Å². The van der Waals surface area contributed by atoms with Crippen molar-refractivity contribution < 1.29 is 9.21 Å². The fourth-order valence-corrected chi connectivity index (χ4v) is 3.86. The molecule has 0 aliphatic carbocycles. The molecular weight excluding hydrogens is 380 g/mol. The Labute approximate surface area is 175 Å². The Bertz CT molecular complexity index is 1170. The van der Waals surface area contributed by atoms with E-state index in [1.54, 1.807) is 11.0 Å². The Kier molecular flexibility index (Phi) is 5.55. The first kappa shape index (κ1) is 20.1. The van der Waals surface area contributed by atoms with Crippen LogP contribution in [0.25, 0.3) is 16.6 Å². The summed E-state index contributed by atoms with van der Waals surface area (Å²) in [4.78, 5) is 33.3. The highest BCUT2D eigenvalue weighted by Crippen LogP contribution is 2.24. The van der Waals surface area contributed by atoms with E-state index in [1.807, 2.05) is 62.3 Å². The molecule has 1 aliphatic rings. The minimum atomic E-state index is -0.196. The molecule has 0 spiro atoms. The maximum absolute atomic E-state index is 12.9. The molecule has 4 rings (SSSR count). The summed E-state index contributed by atoms with van der Waals surface area (Å²) >= 11 is 0. The quantitative estimate of drug-likeness (QED) is 0.651. The zero-order valence-corrected chi connectivity index (χ0v) is 17.6. The second-order valence-electron chi connectivity index (χ2n) is 7.74. The topological polar surface area (TPSA) is 71.6 Å². The Morgan fingerprint density at radius 2 is 2.00 bits per heavy atom. The van der Waals surface area contributed by atoms with E-state index < -0.39 is 0 Å². The van der Waals surface area contributed by atoms with Gasteiger partial charge in [0, 0.05) is 31.6 Å². The van der Waals surface area contributed by atoms with E-state index in [9.17, 15) is 9.59 Å². The zero-order chi connectivity index (χ0) is 21.3. The summed E-state index contributed by atoms with van der Waals surface area (Å²) in [5, 5.41) is 0.609. The van der Waals surface area contributed by atoms with E-state index in [1.165, 1.54) is 0 Å². The van der Waals surface area contributed by atoms with Gasteiger partial charge in [-0.05, 0) is 44.4 Å². The van der Waals surface area contributed by atoms with Gasteiger partial charge >= 0.3 is 0 Å². The molecule has 3 heterocycles. The van der Waals surface area contributed by atoms with Crippen LogP contribution >= 0.6 is 0 Å². The number of aryl methyl sites for hydroxylation is 1. The van der Waals surface area contributed by atoms with Gasteiger partial charge in [0.1, 0.15) is 11.6 Å². The number of carbonyl (C=O) groups excluding carboxylic acids is 1. The lowest BCUT2D eigenvalue weighted by atomic mass is 10.1. The average Bonchev–Trinajstić information content (AvgIpc) is 3.21. The minimum absolute atomic E-state index is 0.103. The smallest absolute Gasteiger partial charge is 0.289 e. The number of para-hydroxylation sites is 1. The number of carbonyl (C=O) groups is 1. The number of rotatable bonds is 5. The van der Waals surface area contributed by atoms with Gasteiger partial charge in [0.2, 0.25) is 0 Å². The van der Waals surface area contributed by atoms with Crippen LogP contribution < -0.4 is 5.56 Å². The van der Waals surface area contributed by atoms with Gasteiger partial charge in [0.25, 0.3) is 11.5 Å². The summed E-state index contributed by atoms with van der Waals surface area (Å²) in [6, 6.07) is 11.1. The van der Waals surface area contributed by atoms with Crippen LogP contribution in [0.1, 0.15) is 35.5 Å². The molecular formula is C23H26N4O3. The predicted octanol–water partition coefficient (Wildman–Crippen LogP) is 3.00. The van der Waals surface area contributed by atoms with Gasteiger partial charge in [-0.15, -0.1) is 0 Å². The third-order valence-electron chi connectivity index (χ3n) is 5.28. The molecule has 1 aromatic carbocycles. The lowest BCUT2D eigenvalue weighted by molar-refractivity contribution is 0.0737. The van der Waals surface area contributed by atoms with Crippen LogP contribution in [0.2, 0.25) is 0 Å². The second-order valence-corrected chi connectivity index (χ2v) is 7.74. The molecule has 0 fully saturated rings. The molecule has 0 atom stereocenters. The van der Waals surface area contributed by atoms with Gasteiger partial charge in [0.05, 0.1) is 17.4 Å². The lowest BCUT2D eigenvalue weighted by Gasteiger charge is -2.28. The molecule has 1 amide bonds. The average molecular weight is 406 g/mol. The summed E-state index contributed by atoms with van der Waals surface area (Å²) in [6.07, 6.45) is 3.38. The molecule has 0 saturated carbocycles. The monoisotopic (exact) mass is 406 g/mol. The zero-order valence-electron chi connectivity index (χ0n) is 17.6. The highest BCUT2D eigenvalue weighted by Gasteiger charge is 2.23. The van der Waals surface area contributed by atoms with Crippen molar-refractivity contribution in [1.82, 2.24) is 19.4 Å². The molecule has 7 heteroatoms. The number of aromatic nitrogens is 2. The van der Waals surface area contributed by atoms with E-state index in [0.29, 0.717) is 43.6 Å². The van der Waals surface area contributed by atoms with E-state index >= 15 is 0 Å². The van der Waals surface area contributed by atoms with Crippen molar-refractivity contribution in [3.63, 3.8) is 0 Å². The van der Waals surface area contributed by atoms with Crippen molar-refractivity contribution in [2.75, 3.05) is 27.2 Å². The normalized spacial score (nSPS) is 14.4. The van der Waals surface area contributed by atoms with E-state index in [-0.39, 0.29) is 11.5 Å². The number of hydrogen-bond acceptors (Lipinski definition) is 5. The molecule has 0 bridgehead atoms. The first-order valence-corrected chi connectivity index (χ1v) is 10.2. The number of nitrogens with zero attached hydrogens (tertiary/aromatic N) is 4. The molecule has 156 valence electrons. The fourth-order valence-electron chi connectivity index (χ4n) is 3.86. The van der Waals surface area contributed by atoms with Crippen LogP contribution in [0, 0.1) is 0 Å². The maximum atomic E-state index is 12.9. The number of fused-ring (bicyclic) bond motifs is 1. The fraction of sp³-hybridized carbons (Fsp3) is 0.348. The third-order valence-corrected chi connectivity index (χ3v) is 5.28. The van der Waals surface area contributed by atoms with Crippen molar-refractivity contribution in [2.45, 2.75) is 26.3 Å². The van der Waals surface area contributed by atoms with E-state index in [4.69, 9.17) is 4.42 Å². The van der Waals surface area contributed by atoms with Crippen LogP contribution in [-0.4, -0.2) is 52.4 Å². The molecule has 0 unspecified atom stereocenters. The molecule has 2 aromatic heterocycles. The molecule has 0 N–H and O–H groups in total. The number of furan rings is 1. The van der Waals surface area contributed by atoms with Crippen LogP contribution in [0.3, 0.4) is 0 Å². The molecule has 1 aliphatic heterocycles. The SMILES string of the molecule is CCc1nc(=O)c2ccccc2n1C1=CCN(C(=O)c2ccc(CN(C)C)o2)CC1. The van der Waals surface area contributed by atoms with Crippen molar-refractivity contribution in [3.8, 4) is 0 Å². The van der Waals surface area contributed by atoms with Gasteiger partial charge in [0.15, 0.2) is 5.76 Å². The van der Waals surface area contributed by atoms with E-state index in [2.05, 4.69) is 9.55 Å². The largest absolute Gasteiger partial charge is 0.455 e. The standard InChI is InChI=1S/C23H26N4O3/c1-4-21-24-22(28)18-7-5-6-8-19(18)27(21)16-11-13-26(14-12-16)23(29)20-10-9-17(30-20)15-25(2)3/h5-11H,4,12-15H2,1-3H3. The van der Waals surface area contributed by atoms with Gasteiger partial charge in [-0.3, -0.25) is 9.59 Å². The van der Waals surface area contributed by atoms with Crippen molar-refractivity contribution >= 4 is 22.5 Å². The molecule has 7 nitrogen and oxygen atoms in total. The van der Waals surface area contributed by atoms with Gasteiger partial charge in [-0.2, -0.15) is 4.98 Å². The maximum Gasteiger partial charge on any atom is 0.289 e. The Balaban J connectivity index is 1.60. The van der Waals surface area contributed by atoms with E-state index in [0.717, 1.165) is 22.8 Å². The summed E-state index contributed by atoms with van der Waals surface area (Å²) in [7, 11) is 3.92. The van der Waals surface area contributed by atoms with Crippen LogP contribution in [0.15, 0.2) is 51.7 Å². The highest BCUT2D eigenvalue weighted by molar-refractivity contribution is 5.92. The summed E-state index contributed by atoms with van der Waals surface area (Å²) < 4.78 is 7.79. The number of amides is 1. The molecule has 0 saturated heterocycles. The van der Waals surface area contributed by atoms with Crippen molar-refractivity contribution in [3.05, 3.63) is 70.2 Å². The third kappa shape index (κ3) is 3.80. The number of benzene rings is 1. The Morgan fingerprint density at radius 1 is 1.20 bits per heavy atom. The van der Waals surface area contributed by atoms with Crippen molar-refractivity contribution in [2.24, 2.45) is 0 Å². The first-order chi connectivity index (χ1) is 14.5. The van der Waals surface area contributed by atoms with Gasteiger partial charge < -0.3 is 18.8 Å². The van der Waals surface area contributed by atoms with Crippen LogP contribution in [0.4, 0.5) is 0 Å².